The maximum absolute atomic E-state index is 12.4. The van der Waals surface area contributed by atoms with Crippen LogP contribution < -0.4 is 4.90 Å². The van der Waals surface area contributed by atoms with Gasteiger partial charge in [-0.05, 0) is 43.5 Å². The molecular weight excluding hydrogens is 388 g/mol. The van der Waals surface area contributed by atoms with Crippen molar-refractivity contribution in [3.05, 3.63) is 70.1 Å². The van der Waals surface area contributed by atoms with E-state index in [4.69, 9.17) is 9.15 Å². The molecule has 30 heavy (non-hydrogen) atoms. The predicted molar refractivity (Wildman–Crippen MR) is 108 cm³/mol. The number of hydrogen-bond acceptors (Lipinski definition) is 8. The fraction of sp³-hybridized carbons (Fsp3) is 0.286. The highest BCUT2D eigenvalue weighted by Gasteiger charge is 2.24. The average Bonchev–Trinajstić information content (AvgIpc) is 3.27. The molecule has 0 spiro atoms. The number of carbonyl (C=O) groups excluding carboxylic acids is 1. The fourth-order valence-corrected chi connectivity index (χ4v) is 3.42. The van der Waals surface area contributed by atoms with Gasteiger partial charge in [0.1, 0.15) is 5.69 Å². The van der Waals surface area contributed by atoms with E-state index in [1.165, 1.54) is 6.07 Å². The van der Waals surface area contributed by atoms with E-state index in [2.05, 4.69) is 10.2 Å². The minimum Gasteiger partial charge on any atom is -0.452 e. The second-order valence-electron chi connectivity index (χ2n) is 6.95. The van der Waals surface area contributed by atoms with E-state index in [1.807, 2.05) is 35.2 Å². The number of esters is 1. The monoisotopic (exact) mass is 408 g/mol. The Balaban J connectivity index is 1.45. The maximum atomic E-state index is 12.4. The third-order valence-corrected chi connectivity index (χ3v) is 4.92. The zero-order valence-electron chi connectivity index (χ0n) is 16.2. The van der Waals surface area contributed by atoms with E-state index >= 15 is 0 Å². The van der Waals surface area contributed by atoms with Crippen LogP contribution in [0.5, 0.6) is 0 Å². The Bertz CT molecular complexity index is 1040. The molecule has 0 amide bonds. The van der Waals surface area contributed by atoms with Crippen molar-refractivity contribution < 1.29 is 18.9 Å². The zero-order chi connectivity index (χ0) is 20.9. The van der Waals surface area contributed by atoms with Gasteiger partial charge in [-0.25, -0.2) is 4.79 Å². The first kappa shape index (κ1) is 19.6. The van der Waals surface area contributed by atoms with Gasteiger partial charge in [-0.2, -0.15) is 0 Å². The first-order valence-corrected chi connectivity index (χ1v) is 9.70. The standard InChI is InChI=1S/C21H20N4O5/c26-21(29-14-19-22-23-20(30-19)15-7-3-1-4-8-15)16-9-10-17(18(13-16)25(27)28)24-11-5-2-6-12-24/h1,3-4,7-10,13H,2,5-6,11-12,14H2. The largest absolute Gasteiger partial charge is 0.452 e. The predicted octanol–water partition coefficient (Wildman–Crippen LogP) is 3.99. The van der Waals surface area contributed by atoms with Crippen LogP contribution in [0.25, 0.3) is 11.5 Å². The van der Waals surface area contributed by atoms with Crippen molar-refractivity contribution in [3.63, 3.8) is 0 Å². The Morgan fingerprint density at radius 1 is 1.10 bits per heavy atom. The van der Waals surface area contributed by atoms with E-state index in [9.17, 15) is 14.9 Å². The molecule has 3 aromatic rings. The van der Waals surface area contributed by atoms with Crippen LogP contribution in [0.15, 0.2) is 52.9 Å². The van der Waals surface area contributed by atoms with Crippen LogP contribution in [0.2, 0.25) is 0 Å². The lowest BCUT2D eigenvalue weighted by atomic mass is 10.1. The van der Waals surface area contributed by atoms with Gasteiger partial charge in [0.05, 0.1) is 10.5 Å². The summed E-state index contributed by atoms with van der Waals surface area (Å²) in [4.78, 5) is 25.5. The Morgan fingerprint density at radius 2 is 1.87 bits per heavy atom. The number of carbonyl (C=O) groups is 1. The zero-order valence-corrected chi connectivity index (χ0v) is 16.2. The Labute approximate surface area is 172 Å². The van der Waals surface area contributed by atoms with Gasteiger partial charge in [-0.3, -0.25) is 10.1 Å². The number of nitro benzene ring substituents is 1. The van der Waals surface area contributed by atoms with Crippen molar-refractivity contribution in [2.75, 3.05) is 18.0 Å². The fourth-order valence-electron chi connectivity index (χ4n) is 3.42. The minimum absolute atomic E-state index is 0.101. The maximum Gasteiger partial charge on any atom is 0.338 e. The Kier molecular flexibility index (Phi) is 5.69. The topological polar surface area (TPSA) is 112 Å². The van der Waals surface area contributed by atoms with Crippen molar-refractivity contribution in [1.82, 2.24) is 10.2 Å². The molecule has 154 valence electrons. The molecule has 2 heterocycles. The molecule has 0 aliphatic carbocycles. The lowest BCUT2D eigenvalue weighted by Crippen LogP contribution is -2.30. The van der Waals surface area contributed by atoms with Crippen LogP contribution in [0.4, 0.5) is 11.4 Å². The normalized spacial score (nSPS) is 13.8. The van der Waals surface area contributed by atoms with Gasteiger partial charge in [0.2, 0.25) is 5.89 Å². The molecule has 1 aromatic heterocycles. The molecule has 0 saturated carbocycles. The number of hydrogen-bond donors (Lipinski definition) is 0. The SMILES string of the molecule is O=C(OCc1nnc(-c2ccccc2)o1)c1ccc(N2CCCCC2)c([N+](=O)[O-])c1. The Morgan fingerprint density at radius 3 is 2.60 bits per heavy atom. The molecule has 0 atom stereocenters. The van der Waals surface area contributed by atoms with Crippen LogP contribution in [-0.4, -0.2) is 34.2 Å². The highest BCUT2D eigenvalue weighted by Crippen LogP contribution is 2.31. The summed E-state index contributed by atoms with van der Waals surface area (Å²) in [6.07, 6.45) is 3.11. The number of ether oxygens (including phenoxy) is 1. The molecule has 1 aliphatic rings. The van der Waals surface area contributed by atoms with Crippen molar-refractivity contribution in [3.8, 4) is 11.5 Å². The summed E-state index contributed by atoms with van der Waals surface area (Å²) in [5, 5.41) is 19.4. The third-order valence-electron chi connectivity index (χ3n) is 4.92. The number of anilines is 1. The number of benzene rings is 2. The van der Waals surface area contributed by atoms with Crippen LogP contribution in [0.3, 0.4) is 0 Å². The van der Waals surface area contributed by atoms with Gasteiger partial charge in [0.25, 0.3) is 11.6 Å². The first-order chi connectivity index (χ1) is 14.6. The average molecular weight is 408 g/mol. The molecule has 9 nitrogen and oxygen atoms in total. The minimum atomic E-state index is -0.692. The third kappa shape index (κ3) is 4.29. The lowest BCUT2D eigenvalue weighted by molar-refractivity contribution is -0.384. The lowest BCUT2D eigenvalue weighted by Gasteiger charge is -2.28. The second kappa shape index (κ2) is 8.73. The van der Waals surface area contributed by atoms with Gasteiger partial charge < -0.3 is 14.1 Å². The van der Waals surface area contributed by atoms with E-state index in [0.717, 1.165) is 37.9 Å². The molecule has 1 aliphatic heterocycles. The summed E-state index contributed by atoms with van der Waals surface area (Å²) in [7, 11) is 0. The smallest absolute Gasteiger partial charge is 0.338 e. The summed E-state index contributed by atoms with van der Waals surface area (Å²) >= 11 is 0. The van der Waals surface area contributed by atoms with Gasteiger partial charge in [-0.1, -0.05) is 18.2 Å². The summed E-state index contributed by atoms with van der Waals surface area (Å²) in [5.41, 5.74) is 1.29. The molecular formula is C21H20N4O5. The van der Waals surface area contributed by atoms with Crippen molar-refractivity contribution in [2.45, 2.75) is 25.9 Å². The van der Waals surface area contributed by atoms with Gasteiger partial charge in [0.15, 0.2) is 6.61 Å². The van der Waals surface area contributed by atoms with Gasteiger partial charge in [-0.15, -0.1) is 10.2 Å². The van der Waals surface area contributed by atoms with E-state index < -0.39 is 10.9 Å². The summed E-state index contributed by atoms with van der Waals surface area (Å²) < 4.78 is 10.7. The van der Waals surface area contributed by atoms with Crippen molar-refractivity contribution in [1.29, 1.82) is 0 Å². The molecule has 0 unspecified atom stereocenters. The van der Waals surface area contributed by atoms with Crippen LogP contribution in [0, 0.1) is 10.1 Å². The quantitative estimate of drug-likeness (QED) is 0.342. The highest BCUT2D eigenvalue weighted by molar-refractivity contribution is 5.91. The van der Waals surface area contributed by atoms with E-state index in [1.54, 1.807) is 12.1 Å². The molecule has 1 saturated heterocycles. The van der Waals surface area contributed by atoms with Crippen LogP contribution in [0.1, 0.15) is 35.5 Å². The van der Waals surface area contributed by atoms with Gasteiger partial charge in [0, 0.05) is 24.7 Å². The number of aromatic nitrogens is 2. The summed E-state index contributed by atoms with van der Waals surface area (Å²) in [6, 6.07) is 13.6. The summed E-state index contributed by atoms with van der Waals surface area (Å²) in [6.45, 7) is 1.32. The number of nitrogens with zero attached hydrogens (tertiary/aromatic N) is 4. The first-order valence-electron chi connectivity index (χ1n) is 9.70. The molecule has 9 heteroatoms. The number of piperidine rings is 1. The molecule has 1 fully saturated rings. The van der Waals surface area contributed by atoms with Crippen molar-refractivity contribution in [2.24, 2.45) is 0 Å². The summed E-state index contributed by atoms with van der Waals surface area (Å²) in [5.74, 6) is -0.229. The van der Waals surface area contributed by atoms with Crippen LogP contribution in [-0.2, 0) is 11.3 Å². The molecule has 4 rings (SSSR count). The highest BCUT2D eigenvalue weighted by atomic mass is 16.6. The Hall–Kier alpha value is -3.75. The number of rotatable bonds is 6. The molecule has 0 bridgehead atoms. The van der Waals surface area contributed by atoms with Gasteiger partial charge >= 0.3 is 5.97 Å². The second-order valence-corrected chi connectivity index (χ2v) is 6.95. The van der Waals surface area contributed by atoms with Crippen LogP contribution >= 0.6 is 0 Å². The van der Waals surface area contributed by atoms with E-state index in [0.29, 0.717) is 11.6 Å². The molecule has 0 radical (unpaired) electrons. The van der Waals surface area contributed by atoms with E-state index in [-0.39, 0.29) is 23.7 Å². The van der Waals surface area contributed by atoms with Crippen molar-refractivity contribution >= 4 is 17.3 Å². The molecule has 2 aromatic carbocycles. The number of nitro groups is 1. The molecule has 0 N–H and O–H groups in total.